The van der Waals surface area contributed by atoms with E-state index in [-0.39, 0.29) is 26.1 Å². The van der Waals surface area contributed by atoms with E-state index in [4.69, 9.17) is 66.7 Å². The van der Waals surface area contributed by atoms with Crippen molar-refractivity contribution in [2.45, 2.75) is 58.3 Å². The summed E-state index contributed by atoms with van der Waals surface area (Å²) in [5, 5.41) is 8.45. The van der Waals surface area contributed by atoms with Gasteiger partial charge in [-0.15, -0.1) is 0 Å². The monoisotopic (exact) mass is 786 g/mol. The van der Waals surface area contributed by atoms with Crippen LogP contribution in [0, 0.1) is 0 Å². The van der Waals surface area contributed by atoms with Crippen LogP contribution in [0.5, 0.6) is 0 Å². The van der Waals surface area contributed by atoms with Gasteiger partial charge in [0.15, 0.2) is 0 Å². The first-order chi connectivity index (χ1) is 26.6. The number of ether oxygens (including phenoxy) is 13. The van der Waals surface area contributed by atoms with Crippen molar-refractivity contribution in [1.29, 1.82) is 0 Å². The Morgan fingerprint density at radius 3 is 0.889 bits per heavy atom. The number of rotatable bonds is 47. The quantitative estimate of drug-likeness (QED) is 0.0537. The van der Waals surface area contributed by atoms with Crippen molar-refractivity contribution in [3.8, 4) is 0 Å². The maximum absolute atomic E-state index is 11.4. The third-order valence-corrected chi connectivity index (χ3v) is 7.02. The van der Waals surface area contributed by atoms with Gasteiger partial charge in [0.05, 0.1) is 158 Å². The fraction of sp³-hybridized carbons (Fsp3) is 0.919. The standard InChI is InChI=1S/C37H70O17/c1-2-3-4-5-6-7-10-42-11-12-43-13-14-44-15-16-45-17-18-46-19-20-47-21-22-48-23-24-49-25-26-50-27-28-51-29-30-52-31-32-53-33-34-54-36(39)9-8-35(38)37(40)41/h2-34H2,1H3,(H,40,41). The summed E-state index contributed by atoms with van der Waals surface area (Å²) in [4.78, 5) is 32.7. The lowest BCUT2D eigenvalue weighted by Gasteiger charge is -2.09. The van der Waals surface area contributed by atoms with Crippen LogP contribution >= 0.6 is 0 Å². The SMILES string of the molecule is CCCCCCCCOCCOCCOCCOCCOCCOCCOCCOCCOCCOCCOCCOCCOC(=O)CCC(=O)C(=O)O. The molecular weight excluding hydrogens is 716 g/mol. The molecule has 0 amide bonds. The second-order valence-corrected chi connectivity index (χ2v) is 11.6. The molecule has 0 radical (unpaired) electrons. The van der Waals surface area contributed by atoms with Gasteiger partial charge in [-0.2, -0.15) is 0 Å². The lowest BCUT2D eigenvalue weighted by atomic mass is 10.1. The van der Waals surface area contributed by atoms with Crippen molar-refractivity contribution in [2.75, 3.05) is 165 Å². The molecule has 54 heavy (non-hydrogen) atoms. The summed E-state index contributed by atoms with van der Waals surface area (Å²) < 4.78 is 70.3. The van der Waals surface area contributed by atoms with Crippen molar-refractivity contribution >= 4 is 17.7 Å². The summed E-state index contributed by atoms with van der Waals surface area (Å²) >= 11 is 0. The molecule has 0 saturated carbocycles. The van der Waals surface area contributed by atoms with Gasteiger partial charge in [-0.05, 0) is 6.42 Å². The maximum Gasteiger partial charge on any atom is 0.372 e. The van der Waals surface area contributed by atoms with E-state index < -0.39 is 17.7 Å². The van der Waals surface area contributed by atoms with Gasteiger partial charge in [0.25, 0.3) is 0 Å². The first-order valence-electron chi connectivity index (χ1n) is 19.4. The number of carbonyl (C=O) groups is 3. The molecule has 0 atom stereocenters. The number of hydrogen-bond donors (Lipinski definition) is 1. The molecule has 320 valence electrons. The van der Waals surface area contributed by atoms with Crippen LogP contribution < -0.4 is 0 Å². The van der Waals surface area contributed by atoms with Crippen LogP contribution in [0.3, 0.4) is 0 Å². The summed E-state index contributed by atoms with van der Waals surface area (Å²) in [6.45, 7) is 13.8. The van der Waals surface area contributed by atoms with E-state index in [0.29, 0.717) is 145 Å². The van der Waals surface area contributed by atoms with Gasteiger partial charge in [0, 0.05) is 13.0 Å². The predicted molar refractivity (Wildman–Crippen MR) is 196 cm³/mol. The maximum atomic E-state index is 11.4. The highest BCUT2D eigenvalue weighted by Crippen LogP contribution is 2.04. The number of carbonyl (C=O) groups excluding carboxylic acids is 2. The van der Waals surface area contributed by atoms with Crippen LogP contribution in [0.4, 0.5) is 0 Å². The molecule has 17 nitrogen and oxygen atoms in total. The molecule has 0 aliphatic rings. The number of carboxylic acid groups (broad SMARTS) is 1. The summed E-state index contributed by atoms with van der Waals surface area (Å²) in [5.74, 6) is -3.24. The Hall–Kier alpha value is -1.87. The number of esters is 1. The van der Waals surface area contributed by atoms with Crippen LogP contribution in [0.25, 0.3) is 0 Å². The predicted octanol–water partition coefficient (Wildman–Crippen LogP) is 2.52. The first kappa shape index (κ1) is 52.1. The molecule has 0 saturated heterocycles. The van der Waals surface area contributed by atoms with Crippen LogP contribution in [0.15, 0.2) is 0 Å². The van der Waals surface area contributed by atoms with Gasteiger partial charge in [-0.3, -0.25) is 9.59 Å². The fourth-order valence-electron chi connectivity index (χ4n) is 4.11. The number of Topliss-reactive ketones (excluding diaryl/α,β-unsaturated/α-hetero) is 1. The van der Waals surface area contributed by atoms with E-state index in [1.807, 2.05) is 0 Å². The van der Waals surface area contributed by atoms with Crippen molar-refractivity contribution in [2.24, 2.45) is 0 Å². The normalized spacial score (nSPS) is 11.4. The van der Waals surface area contributed by atoms with E-state index in [1.165, 1.54) is 32.1 Å². The van der Waals surface area contributed by atoms with E-state index in [1.54, 1.807) is 0 Å². The second-order valence-electron chi connectivity index (χ2n) is 11.6. The van der Waals surface area contributed by atoms with Crippen LogP contribution in [0.1, 0.15) is 58.3 Å². The smallest absolute Gasteiger partial charge is 0.372 e. The molecule has 0 unspecified atom stereocenters. The van der Waals surface area contributed by atoms with Crippen LogP contribution in [-0.2, 0) is 76.0 Å². The Labute approximate surface area is 322 Å². The topological polar surface area (TPSA) is 191 Å². The van der Waals surface area contributed by atoms with E-state index in [9.17, 15) is 14.4 Å². The molecule has 0 heterocycles. The zero-order valence-corrected chi connectivity index (χ0v) is 32.8. The Morgan fingerprint density at radius 2 is 0.593 bits per heavy atom. The van der Waals surface area contributed by atoms with Crippen LogP contribution in [-0.4, -0.2) is 188 Å². The average molecular weight is 787 g/mol. The minimum atomic E-state index is -1.56. The third kappa shape index (κ3) is 44.5. The number of hydrogen-bond acceptors (Lipinski definition) is 16. The summed E-state index contributed by atoms with van der Waals surface area (Å²) in [7, 11) is 0. The zero-order chi connectivity index (χ0) is 39.3. The van der Waals surface area contributed by atoms with Gasteiger partial charge in [0.2, 0.25) is 5.78 Å². The molecule has 0 aliphatic heterocycles. The second kappa shape index (κ2) is 45.5. The molecule has 0 aliphatic carbocycles. The Bertz CT molecular complexity index is 805. The summed E-state index contributed by atoms with van der Waals surface area (Å²) in [6.07, 6.45) is 6.96. The molecule has 17 heteroatoms. The molecule has 0 aromatic rings. The molecule has 0 spiro atoms. The van der Waals surface area contributed by atoms with Gasteiger partial charge >= 0.3 is 11.9 Å². The van der Waals surface area contributed by atoms with Crippen molar-refractivity contribution in [3.63, 3.8) is 0 Å². The Morgan fingerprint density at radius 1 is 0.333 bits per heavy atom. The van der Waals surface area contributed by atoms with Gasteiger partial charge < -0.3 is 66.7 Å². The van der Waals surface area contributed by atoms with Gasteiger partial charge in [-0.1, -0.05) is 39.0 Å². The van der Waals surface area contributed by atoms with E-state index in [0.717, 1.165) is 13.0 Å². The van der Waals surface area contributed by atoms with Crippen LogP contribution in [0.2, 0.25) is 0 Å². The Kier molecular flexibility index (Phi) is 43.9. The number of unbranched alkanes of at least 4 members (excludes halogenated alkanes) is 5. The highest BCUT2D eigenvalue weighted by molar-refractivity contribution is 6.32. The summed E-state index contributed by atoms with van der Waals surface area (Å²) in [5.41, 5.74) is 0. The minimum Gasteiger partial charge on any atom is -0.476 e. The van der Waals surface area contributed by atoms with Crippen molar-refractivity contribution in [3.05, 3.63) is 0 Å². The molecule has 0 fully saturated rings. The third-order valence-electron chi connectivity index (χ3n) is 7.02. The largest absolute Gasteiger partial charge is 0.476 e. The lowest BCUT2D eigenvalue weighted by molar-refractivity contribution is -0.151. The van der Waals surface area contributed by atoms with Crippen molar-refractivity contribution < 1.29 is 81.1 Å². The first-order valence-corrected chi connectivity index (χ1v) is 19.4. The molecule has 0 aromatic heterocycles. The molecule has 0 rings (SSSR count). The lowest BCUT2D eigenvalue weighted by Crippen LogP contribution is -2.17. The average Bonchev–Trinajstić information content (AvgIpc) is 3.17. The fourth-order valence-corrected chi connectivity index (χ4v) is 4.11. The highest BCUT2D eigenvalue weighted by Gasteiger charge is 2.14. The molecule has 0 aromatic carbocycles. The van der Waals surface area contributed by atoms with Gasteiger partial charge in [-0.25, -0.2) is 4.79 Å². The van der Waals surface area contributed by atoms with E-state index >= 15 is 0 Å². The van der Waals surface area contributed by atoms with Gasteiger partial charge in [0.1, 0.15) is 6.61 Å². The molecular formula is C37H70O17. The van der Waals surface area contributed by atoms with E-state index in [2.05, 4.69) is 6.92 Å². The highest BCUT2D eigenvalue weighted by atomic mass is 16.6. The Balaban J connectivity index is 3.11. The zero-order valence-electron chi connectivity index (χ0n) is 32.8. The number of carboxylic acids is 1. The molecule has 0 bridgehead atoms. The minimum absolute atomic E-state index is 0.0132. The number of aliphatic carboxylic acids is 1. The van der Waals surface area contributed by atoms with Crippen molar-refractivity contribution in [1.82, 2.24) is 0 Å². The number of ketones is 1. The molecule has 1 N–H and O–H groups in total. The summed E-state index contributed by atoms with van der Waals surface area (Å²) in [6, 6.07) is 0.